The van der Waals surface area contributed by atoms with E-state index < -0.39 is 0 Å². The van der Waals surface area contributed by atoms with E-state index in [4.69, 9.17) is 4.74 Å². The van der Waals surface area contributed by atoms with E-state index in [1.807, 2.05) is 0 Å². The highest BCUT2D eigenvalue weighted by molar-refractivity contribution is 4.80. The quantitative estimate of drug-likeness (QED) is 0.493. The van der Waals surface area contributed by atoms with Crippen molar-refractivity contribution in [3.8, 4) is 0 Å². The summed E-state index contributed by atoms with van der Waals surface area (Å²) in [6.45, 7) is 12.5. The lowest BCUT2D eigenvalue weighted by Crippen LogP contribution is -2.35. The van der Waals surface area contributed by atoms with Crippen molar-refractivity contribution in [2.45, 2.75) is 72.6 Å². The van der Waals surface area contributed by atoms with Crippen LogP contribution in [0, 0.1) is 11.3 Å². The Morgan fingerprint density at radius 2 is 1.74 bits per heavy atom. The summed E-state index contributed by atoms with van der Waals surface area (Å²) in [5.41, 5.74) is 0.513. The van der Waals surface area contributed by atoms with E-state index in [0.717, 1.165) is 19.1 Å². The molecule has 0 aliphatic rings. The first-order valence-corrected chi connectivity index (χ1v) is 8.30. The lowest BCUT2D eigenvalue weighted by atomic mass is 9.76. The second kappa shape index (κ2) is 11.7. The Morgan fingerprint density at radius 1 is 1.05 bits per heavy atom. The van der Waals surface area contributed by atoms with Crippen LogP contribution < -0.4 is 5.32 Å². The summed E-state index contributed by atoms with van der Waals surface area (Å²) in [6, 6.07) is 0. The van der Waals surface area contributed by atoms with Gasteiger partial charge in [0, 0.05) is 20.3 Å². The number of hydrogen-bond donors (Lipinski definition) is 1. The molecule has 1 unspecified atom stereocenters. The summed E-state index contributed by atoms with van der Waals surface area (Å²) < 4.78 is 5.17. The van der Waals surface area contributed by atoms with E-state index in [0.29, 0.717) is 5.41 Å². The molecule has 0 aliphatic heterocycles. The van der Waals surface area contributed by atoms with Gasteiger partial charge in [-0.25, -0.2) is 0 Å². The first-order valence-electron chi connectivity index (χ1n) is 8.30. The van der Waals surface area contributed by atoms with E-state index >= 15 is 0 Å². The van der Waals surface area contributed by atoms with Crippen molar-refractivity contribution >= 4 is 0 Å². The van der Waals surface area contributed by atoms with Crippen molar-refractivity contribution in [3.05, 3.63) is 0 Å². The number of nitrogens with one attached hydrogen (secondary N) is 1. The summed E-state index contributed by atoms with van der Waals surface area (Å²) in [7, 11) is 1.80. The molecule has 0 rings (SSSR count). The maximum Gasteiger partial charge on any atom is 0.0462 e. The molecule has 116 valence electrons. The first-order chi connectivity index (χ1) is 9.10. The number of methoxy groups -OCH3 is 1. The van der Waals surface area contributed by atoms with Crippen molar-refractivity contribution in [1.29, 1.82) is 0 Å². The number of unbranched alkanes of at least 4 members (excludes halogenated alkanes) is 2. The molecular weight excluding hydrogens is 234 g/mol. The van der Waals surface area contributed by atoms with Crippen LogP contribution in [0.25, 0.3) is 0 Å². The van der Waals surface area contributed by atoms with Crippen LogP contribution in [-0.2, 0) is 4.74 Å². The Hall–Kier alpha value is -0.0800. The molecule has 0 amide bonds. The van der Waals surface area contributed by atoms with Crippen LogP contribution in [0.1, 0.15) is 72.6 Å². The van der Waals surface area contributed by atoms with Gasteiger partial charge in [0.2, 0.25) is 0 Å². The Kier molecular flexibility index (Phi) is 11.7. The normalized spacial score (nSPS) is 14.8. The van der Waals surface area contributed by atoms with Gasteiger partial charge in [0.25, 0.3) is 0 Å². The minimum atomic E-state index is 0.513. The topological polar surface area (TPSA) is 21.3 Å². The zero-order valence-corrected chi connectivity index (χ0v) is 14.1. The minimum Gasteiger partial charge on any atom is -0.385 e. The van der Waals surface area contributed by atoms with Gasteiger partial charge >= 0.3 is 0 Å². The third-order valence-electron chi connectivity index (χ3n) is 4.17. The van der Waals surface area contributed by atoms with Gasteiger partial charge in [0.1, 0.15) is 0 Å². The van der Waals surface area contributed by atoms with E-state index in [1.54, 1.807) is 7.11 Å². The molecule has 0 bridgehead atoms. The van der Waals surface area contributed by atoms with Crippen LogP contribution in [0.4, 0.5) is 0 Å². The largest absolute Gasteiger partial charge is 0.385 e. The third-order valence-corrected chi connectivity index (χ3v) is 4.17. The fourth-order valence-electron chi connectivity index (χ4n) is 2.70. The van der Waals surface area contributed by atoms with Crippen LogP contribution in [0.5, 0.6) is 0 Å². The second-order valence-corrected chi connectivity index (χ2v) is 6.43. The van der Waals surface area contributed by atoms with Crippen molar-refractivity contribution in [3.63, 3.8) is 0 Å². The van der Waals surface area contributed by atoms with Crippen LogP contribution in [-0.4, -0.2) is 26.8 Å². The Bertz CT molecular complexity index is 194. The van der Waals surface area contributed by atoms with Gasteiger partial charge < -0.3 is 10.1 Å². The number of ether oxygens (including phenoxy) is 1. The van der Waals surface area contributed by atoms with Gasteiger partial charge in [0.15, 0.2) is 0 Å². The molecule has 0 radical (unpaired) electrons. The average molecular weight is 271 g/mol. The summed E-state index contributed by atoms with van der Waals surface area (Å²) >= 11 is 0. The monoisotopic (exact) mass is 271 g/mol. The predicted octanol–water partition coefficient (Wildman–Crippen LogP) is 4.64. The fraction of sp³-hybridized carbons (Fsp3) is 1.00. The number of rotatable bonds is 13. The fourth-order valence-corrected chi connectivity index (χ4v) is 2.70. The Morgan fingerprint density at radius 3 is 2.26 bits per heavy atom. The molecule has 0 aromatic carbocycles. The maximum absolute atomic E-state index is 5.17. The smallest absolute Gasteiger partial charge is 0.0462 e. The molecule has 1 N–H and O–H groups in total. The highest BCUT2D eigenvalue weighted by Crippen LogP contribution is 2.34. The summed E-state index contributed by atoms with van der Waals surface area (Å²) in [4.78, 5) is 0. The van der Waals surface area contributed by atoms with Gasteiger partial charge in [0.05, 0.1) is 0 Å². The van der Waals surface area contributed by atoms with Crippen molar-refractivity contribution in [1.82, 2.24) is 5.32 Å². The number of hydrogen-bond acceptors (Lipinski definition) is 2. The molecule has 0 heterocycles. The van der Waals surface area contributed by atoms with Crippen LogP contribution in [0.15, 0.2) is 0 Å². The average Bonchev–Trinajstić information content (AvgIpc) is 2.40. The lowest BCUT2D eigenvalue weighted by molar-refractivity contribution is 0.169. The van der Waals surface area contributed by atoms with E-state index in [2.05, 4.69) is 33.0 Å². The lowest BCUT2D eigenvalue weighted by Gasteiger charge is -2.34. The molecule has 2 nitrogen and oxygen atoms in total. The van der Waals surface area contributed by atoms with E-state index in [9.17, 15) is 0 Å². The van der Waals surface area contributed by atoms with Crippen LogP contribution >= 0.6 is 0 Å². The molecule has 0 aliphatic carbocycles. The van der Waals surface area contributed by atoms with Crippen molar-refractivity contribution in [2.75, 3.05) is 26.8 Å². The van der Waals surface area contributed by atoms with E-state index in [-0.39, 0.29) is 0 Å². The SMILES string of the molecule is CCCCC(CC)(CCCCOC)CNCC(C)C. The predicted molar refractivity (Wildman–Crippen MR) is 85.7 cm³/mol. The summed E-state index contributed by atoms with van der Waals surface area (Å²) in [5, 5.41) is 3.70. The third kappa shape index (κ3) is 9.45. The van der Waals surface area contributed by atoms with Crippen molar-refractivity contribution in [2.24, 2.45) is 11.3 Å². The van der Waals surface area contributed by atoms with Gasteiger partial charge in [-0.3, -0.25) is 0 Å². The Labute approximate surface area is 121 Å². The summed E-state index contributed by atoms with van der Waals surface area (Å²) in [5.74, 6) is 0.745. The van der Waals surface area contributed by atoms with Gasteiger partial charge in [-0.05, 0) is 43.6 Å². The zero-order valence-electron chi connectivity index (χ0n) is 14.1. The highest BCUT2D eigenvalue weighted by atomic mass is 16.5. The molecule has 2 heteroatoms. The van der Waals surface area contributed by atoms with Gasteiger partial charge in [-0.15, -0.1) is 0 Å². The van der Waals surface area contributed by atoms with Crippen LogP contribution in [0.2, 0.25) is 0 Å². The van der Waals surface area contributed by atoms with Gasteiger partial charge in [-0.2, -0.15) is 0 Å². The molecule has 1 atom stereocenters. The molecule has 19 heavy (non-hydrogen) atoms. The molecule has 0 fully saturated rings. The minimum absolute atomic E-state index is 0.513. The second-order valence-electron chi connectivity index (χ2n) is 6.43. The van der Waals surface area contributed by atoms with E-state index in [1.165, 1.54) is 51.5 Å². The highest BCUT2D eigenvalue weighted by Gasteiger charge is 2.26. The standard InChI is InChI=1S/C17H37NO/c1-6-8-11-17(7-2,12-9-10-13-19-5)15-18-14-16(3)4/h16,18H,6-15H2,1-5H3. The van der Waals surface area contributed by atoms with Crippen LogP contribution in [0.3, 0.4) is 0 Å². The van der Waals surface area contributed by atoms with Gasteiger partial charge in [-0.1, -0.05) is 47.0 Å². The first kappa shape index (κ1) is 18.9. The molecule has 0 saturated heterocycles. The molecule has 0 saturated carbocycles. The molecule has 0 aromatic heterocycles. The van der Waals surface area contributed by atoms with Crippen molar-refractivity contribution < 1.29 is 4.74 Å². The molecule has 0 spiro atoms. The zero-order chi connectivity index (χ0) is 14.6. The molecular formula is C17H37NO. The Balaban J connectivity index is 4.23. The maximum atomic E-state index is 5.17. The molecule has 0 aromatic rings. The summed E-state index contributed by atoms with van der Waals surface area (Å²) in [6.07, 6.45) is 9.19.